The number of ether oxygens (including phenoxy) is 2. The highest BCUT2D eigenvalue weighted by molar-refractivity contribution is 6.11. The van der Waals surface area contributed by atoms with Gasteiger partial charge in [-0.25, -0.2) is 0 Å². The number of carbonyl (C=O) groups is 2. The van der Waals surface area contributed by atoms with E-state index in [-0.39, 0.29) is 11.8 Å². The second-order valence-electron chi connectivity index (χ2n) is 8.09. The average molecular weight is 425 g/mol. The highest BCUT2D eigenvalue weighted by Crippen LogP contribution is 2.48. The van der Waals surface area contributed by atoms with E-state index in [4.69, 9.17) is 9.47 Å². The van der Waals surface area contributed by atoms with Crippen LogP contribution >= 0.6 is 0 Å². The third-order valence-electron chi connectivity index (χ3n) is 6.28. The number of amides is 2. The zero-order valence-electron chi connectivity index (χ0n) is 18.0. The van der Waals surface area contributed by atoms with Crippen LogP contribution in [0, 0.1) is 12.8 Å². The van der Waals surface area contributed by atoms with Gasteiger partial charge in [-0.05, 0) is 38.0 Å². The standard InChI is InChI=1S/C23H27N3O5/c1-12-6-5-7-15-20(12)25-22(29)23(15)16(11-17(26-23)13(2)27)21(28)24-18-10-14(30-3)8-9-19(18)31-4/h5-10,13,16-17,26-27H,11H2,1-4H3,(H,24,28)(H,25,29)/t13-,16+,17-,23-/m1/s1. The maximum Gasteiger partial charge on any atom is 0.250 e. The summed E-state index contributed by atoms with van der Waals surface area (Å²) in [5, 5.41) is 19.4. The molecule has 0 aliphatic carbocycles. The summed E-state index contributed by atoms with van der Waals surface area (Å²) in [6.07, 6.45) is -0.431. The minimum atomic E-state index is -1.26. The Bertz CT molecular complexity index is 1040. The molecule has 0 saturated carbocycles. The lowest BCUT2D eigenvalue weighted by Gasteiger charge is -2.29. The molecule has 2 amide bonds. The summed E-state index contributed by atoms with van der Waals surface area (Å²) in [5.41, 5.74) is 1.53. The smallest absolute Gasteiger partial charge is 0.250 e. The van der Waals surface area contributed by atoms with Gasteiger partial charge in [0, 0.05) is 23.4 Å². The molecule has 2 aromatic rings. The summed E-state index contributed by atoms with van der Waals surface area (Å²) in [7, 11) is 3.06. The second kappa shape index (κ2) is 7.86. The van der Waals surface area contributed by atoms with Gasteiger partial charge < -0.3 is 25.2 Å². The molecular weight excluding hydrogens is 398 g/mol. The van der Waals surface area contributed by atoms with Crippen molar-refractivity contribution in [3.63, 3.8) is 0 Å². The van der Waals surface area contributed by atoms with Gasteiger partial charge in [-0.2, -0.15) is 0 Å². The number of nitrogens with one attached hydrogen (secondary N) is 3. The van der Waals surface area contributed by atoms with Crippen molar-refractivity contribution in [3.05, 3.63) is 47.5 Å². The van der Waals surface area contributed by atoms with Crippen LogP contribution in [0.25, 0.3) is 0 Å². The molecule has 31 heavy (non-hydrogen) atoms. The number of aryl methyl sites for hydroxylation is 1. The Balaban J connectivity index is 1.76. The van der Waals surface area contributed by atoms with E-state index in [0.29, 0.717) is 29.3 Å². The number of benzene rings is 2. The molecule has 2 aliphatic heterocycles. The molecule has 8 heteroatoms. The van der Waals surface area contributed by atoms with Crippen LogP contribution in [0.4, 0.5) is 11.4 Å². The first kappa shape index (κ1) is 21.1. The van der Waals surface area contributed by atoms with E-state index in [1.54, 1.807) is 32.2 Å². The summed E-state index contributed by atoms with van der Waals surface area (Å²) in [6, 6.07) is 10.3. The van der Waals surface area contributed by atoms with Crippen LogP contribution in [-0.2, 0) is 15.1 Å². The molecule has 2 aromatic carbocycles. The number of carbonyl (C=O) groups excluding carboxylic acids is 2. The van der Waals surface area contributed by atoms with E-state index in [1.807, 2.05) is 25.1 Å². The predicted molar refractivity (Wildman–Crippen MR) is 116 cm³/mol. The fourth-order valence-corrected chi connectivity index (χ4v) is 4.62. The predicted octanol–water partition coefficient (Wildman–Crippen LogP) is 2.16. The topological polar surface area (TPSA) is 109 Å². The minimum absolute atomic E-state index is 0.294. The van der Waals surface area contributed by atoms with E-state index in [1.165, 1.54) is 7.11 Å². The van der Waals surface area contributed by atoms with Crippen molar-refractivity contribution in [1.82, 2.24) is 5.32 Å². The highest BCUT2D eigenvalue weighted by Gasteiger charge is 2.60. The molecule has 2 aliphatic rings. The van der Waals surface area contributed by atoms with Crippen molar-refractivity contribution in [2.45, 2.75) is 38.0 Å². The summed E-state index contributed by atoms with van der Waals surface area (Å²) >= 11 is 0. The zero-order valence-corrected chi connectivity index (χ0v) is 18.0. The Kier molecular flexibility index (Phi) is 5.36. The van der Waals surface area contributed by atoms with Crippen LogP contribution in [0.3, 0.4) is 0 Å². The lowest BCUT2D eigenvalue weighted by atomic mass is 9.79. The molecule has 2 heterocycles. The molecule has 1 saturated heterocycles. The second-order valence-corrected chi connectivity index (χ2v) is 8.09. The Labute approximate surface area is 180 Å². The number of hydrogen-bond donors (Lipinski definition) is 4. The molecule has 1 spiro atoms. The number of aliphatic hydroxyl groups is 1. The molecule has 8 nitrogen and oxygen atoms in total. The zero-order chi connectivity index (χ0) is 22.3. The molecular formula is C23H27N3O5. The fraction of sp³-hybridized carbons (Fsp3) is 0.391. The first-order chi connectivity index (χ1) is 14.8. The Morgan fingerprint density at radius 2 is 2.03 bits per heavy atom. The number of hydrogen-bond acceptors (Lipinski definition) is 6. The maximum absolute atomic E-state index is 13.5. The Hall–Kier alpha value is -3.10. The van der Waals surface area contributed by atoms with Gasteiger partial charge in [-0.15, -0.1) is 0 Å². The highest BCUT2D eigenvalue weighted by atomic mass is 16.5. The van der Waals surface area contributed by atoms with Gasteiger partial charge in [-0.3, -0.25) is 14.9 Å². The third kappa shape index (κ3) is 3.32. The molecule has 4 rings (SSSR count). The molecule has 4 N–H and O–H groups in total. The molecule has 4 atom stereocenters. The van der Waals surface area contributed by atoms with Gasteiger partial charge in [-0.1, -0.05) is 18.2 Å². The summed E-state index contributed by atoms with van der Waals surface area (Å²) in [6.45, 7) is 3.57. The lowest BCUT2D eigenvalue weighted by Crippen LogP contribution is -2.53. The van der Waals surface area contributed by atoms with Crippen molar-refractivity contribution in [1.29, 1.82) is 0 Å². The monoisotopic (exact) mass is 425 g/mol. The van der Waals surface area contributed by atoms with Crippen molar-refractivity contribution in [3.8, 4) is 11.5 Å². The molecule has 164 valence electrons. The number of fused-ring (bicyclic) bond motifs is 2. The Morgan fingerprint density at radius 1 is 1.26 bits per heavy atom. The van der Waals surface area contributed by atoms with Crippen LogP contribution in [0.2, 0.25) is 0 Å². The van der Waals surface area contributed by atoms with Gasteiger partial charge in [0.15, 0.2) is 0 Å². The molecule has 1 fully saturated rings. The SMILES string of the molecule is COc1ccc(OC)c(NC(=O)[C@@H]2C[C@H]([C@@H](C)O)N[C@@]23C(=O)Nc2c(C)cccc23)c1. The van der Waals surface area contributed by atoms with E-state index < -0.39 is 23.6 Å². The average Bonchev–Trinajstić information content (AvgIpc) is 3.29. The largest absolute Gasteiger partial charge is 0.497 e. The molecule has 0 aromatic heterocycles. The number of methoxy groups -OCH3 is 2. The van der Waals surface area contributed by atoms with Crippen molar-refractivity contribution < 1.29 is 24.2 Å². The van der Waals surface area contributed by atoms with Gasteiger partial charge in [0.05, 0.1) is 31.9 Å². The van der Waals surface area contributed by atoms with Crippen LogP contribution in [-0.4, -0.2) is 43.3 Å². The quantitative estimate of drug-likeness (QED) is 0.585. The van der Waals surface area contributed by atoms with Gasteiger partial charge in [0.25, 0.3) is 0 Å². The Morgan fingerprint density at radius 3 is 2.71 bits per heavy atom. The van der Waals surface area contributed by atoms with Crippen LogP contribution in [0.15, 0.2) is 36.4 Å². The number of rotatable bonds is 5. The van der Waals surface area contributed by atoms with Gasteiger partial charge in [0.1, 0.15) is 17.0 Å². The maximum atomic E-state index is 13.5. The summed E-state index contributed by atoms with van der Waals surface area (Å²) in [5.74, 6) is -0.333. The van der Waals surface area contributed by atoms with Crippen molar-refractivity contribution >= 4 is 23.2 Å². The normalized spacial score (nSPS) is 25.1. The number of para-hydroxylation sites is 1. The summed E-state index contributed by atoms with van der Waals surface area (Å²) < 4.78 is 10.6. The first-order valence-corrected chi connectivity index (χ1v) is 10.2. The number of aliphatic hydroxyl groups excluding tert-OH is 1. The lowest BCUT2D eigenvalue weighted by molar-refractivity contribution is -0.130. The van der Waals surface area contributed by atoms with Crippen molar-refractivity contribution in [2.24, 2.45) is 5.92 Å². The molecule has 0 unspecified atom stereocenters. The van der Waals surface area contributed by atoms with Crippen molar-refractivity contribution in [2.75, 3.05) is 24.9 Å². The van der Waals surface area contributed by atoms with E-state index in [2.05, 4.69) is 16.0 Å². The van der Waals surface area contributed by atoms with Crippen LogP contribution < -0.4 is 25.4 Å². The van der Waals surface area contributed by atoms with Gasteiger partial charge >= 0.3 is 0 Å². The van der Waals surface area contributed by atoms with Crippen LogP contribution in [0.1, 0.15) is 24.5 Å². The van der Waals surface area contributed by atoms with Crippen LogP contribution in [0.5, 0.6) is 11.5 Å². The van der Waals surface area contributed by atoms with E-state index in [9.17, 15) is 14.7 Å². The molecule has 0 radical (unpaired) electrons. The van der Waals surface area contributed by atoms with E-state index in [0.717, 1.165) is 11.1 Å². The van der Waals surface area contributed by atoms with Gasteiger partial charge in [0.2, 0.25) is 11.8 Å². The third-order valence-corrected chi connectivity index (χ3v) is 6.28. The first-order valence-electron chi connectivity index (χ1n) is 10.2. The fourth-order valence-electron chi connectivity index (χ4n) is 4.62. The molecule has 0 bridgehead atoms. The minimum Gasteiger partial charge on any atom is -0.497 e. The number of anilines is 2. The summed E-state index contributed by atoms with van der Waals surface area (Å²) in [4.78, 5) is 26.8. The van der Waals surface area contributed by atoms with E-state index >= 15 is 0 Å².